The van der Waals surface area contributed by atoms with Gasteiger partial charge in [-0.1, -0.05) is 298 Å². The number of rotatable bonds is 54. The molecule has 6 heteroatoms. The van der Waals surface area contributed by atoms with Gasteiger partial charge in [0.15, 0.2) is 6.10 Å². The number of ether oxygens (including phenoxy) is 3. The van der Waals surface area contributed by atoms with E-state index in [0.29, 0.717) is 19.3 Å². The van der Waals surface area contributed by atoms with E-state index in [1.807, 2.05) is 0 Å². The molecule has 0 rings (SSSR count). The van der Waals surface area contributed by atoms with Crippen molar-refractivity contribution in [1.82, 2.24) is 0 Å². The summed E-state index contributed by atoms with van der Waals surface area (Å²) < 4.78 is 16.9. The molecule has 0 aliphatic rings. The second kappa shape index (κ2) is 52.2. The highest BCUT2D eigenvalue weighted by atomic mass is 16.6. The Labute approximate surface area is 418 Å². The van der Waals surface area contributed by atoms with Crippen LogP contribution in [0.4, 0.5) is 0 Å². The highest BCUT2D eigenvalue weighted by Crippen LogP contribution is 2.19. The lowest BCUT2D eigenvalue weighted by atomic mass is 10.00. The first-order valence-electron chi connectivity index (χ1n) is 30.1. The number of carbonyl (C=O) groups is 3. The molecule has 0 aliphatic carbocycles. The molecule has 0 heterocycles. The smallest absolute Gasteiger partial charge is 0.306 e. The Balaban J connectivity index is 4.22. The highest BCUT2D eigenvalue weighted by molar-refractivity contribution is 5.71. The summed E-state index contributed by atoms with van der Waals surface area (Å²) in [5.41, 5.74) is 0. The summed E-state index contributed by atoms with van der Waals surface area (Å²) in [6.45, 7) is 13.8. The van der Waals surface area contributed by atoms with Crippen molar-refractivity contribution in [3.05, 3.63) is 0 Å². The van der Waals surface area contributed by atoms with Gasteiger partial charge in [-0.25, -0.2) is 0 Å². The number of unbranched alkanes of at least 4 members (excludes halogenated alkanes) is 36. The van der Waals surface area contributed by atoms with Crippen molar-refractivity contribution in [2.75, 3.05) is 13.2 Å². The Hall–Kier alpha value is -1.59. The average Bonchev–Trinajstić information content (AvgIpc) is 3.30. The Morgan fingerprint density at radius 2 is 0.522 bits per heavy atom. The molecular weight excluding hydrogens is 829 g/mol. The Morgan fingerprint density at radius 3 is 0.776 bits per heavy atom. The van der Waals surface area contributed by atoms with Gasteiger partial charge < -0.3 is 14.2 Å². The molecule has 0 saturated heterocycles. The van der Waals surface area contributed by atoms with Crippen LogP contribution in [0, 0.1) is 17.8 Å². The van der Waals surface area contributed by atoms with E-state index in [-0.39, 0.29) is 31.1 Å². The Morgan fingerprint density at radius 1 is 0.299 bits per heavy atom. The SMILES string of the molecule is CCC(C)CCCCCCCCC(=O)OC[C@H](COC(=O)CCCCCCCCCCCCCCCCCC(C)C)OC(=O)CCCCCCCCCCCCCCCCCCCCC(C)C. The maximum Gasteiger partial charge on any atom is 0.306 e. The zero-order valence-electron chi connectivity index (χ0n) is 46.2. The molecule has 0 saturated carbocycles. The third-order valence-corrected chi connectivity index (χ3v) is 14.3. The lowest BCUT2D eigenvalue weighted by Gasteiger charge is -2.18. The van der Waals surface area contributed by atoms with Crippen LogP contribution in [0.2, 0.25) is 0 Å². The van der Waals surface area contributed by atoms with Gasteiger partial charge in [0.2, 0.25) is 0 Å². The van der Waals surface area contributed by atoms with Gasteiger partial charge in [-0.05, 0) is 37.0 Å². The summed E-state index contributed by atoms with van der Waals surface area (Å²) in [5, 5.41) is 0. The quantitative estimate of drug-likeness (QED) is 0.0343. The van der Waals surface area contributed by atoms with Gasteiger partial charge in [0.25, 0.3) is 0 Å². The molecule has 1 unspecified atom stereocenters. The van der Waals surface area contributed by atoms with E-state index in [1.165, 1.54) is 218 Å². The summed E-state index contributed by atoms with van der Waals surface area (Å²) >= 11 is 0. The topological polar surface area (TPSA) is 78.9 Å². The fraction of sp³-hybridized carbons (Fsp3) is 0.951. The largest absolute Gasteiger partial charge is 0.462 e. The number of carbonyl (C=O) groups excluding carboxylic acids is 3. The zero-order chi connectivity index (χ0) is 49.1. The van der Waals surface area contributed by atoms with Gasteiger partial charge in [0.05, 0.1) is 0 Å². The monoisotopic (exact) mass is 947 g/mol. The third kappa shape index (κ3) is 53.6. The van der Waals surface area contributed by atoms with Crippen LogP contribution in [0.25, 0.3) is 0 Å². The molecule has 6 nitrogen and oxygen atoms in total. The molecule has 398 valence electrons. The fourth-order valence-electron chi connectivity index (χ4n) is 9.32. The maximum atomic E-state index is 12.9. The van der Waals surface area contributed by atoms with Crippen LogP contribution in [-0.2, 0) is 28.6 Å². The average molecular weight is 948 g/mol. The summed E-state index contributed by atoms with van der Waals surface area (Å²) in [6.07, 6.45) is 55.4. The first-order chi connectivity index (χ1) is 32.6. The predicted octanol–water partition coefficient (Wildman–Crippen LogP) is 19.9. The number of hydrogen-bond donors (Lipinski definition) is 0. The minimum Gasteiger partial charge on any atom is -0.462 e. The summed E-state index contributed by atoms with van der Waals surface area (Å²) in [4.78, 5) is 38.1. The van der Waals surface area contributed by atoms with Crippen LogP contribution >= 0.6 is 0 Å². The minimum absolute atomic E-state index is 0.0639. The van der Waals surface area contributed by atoms with Crippen molar-refractivity contribution < 1.29 is 28.6 Å². The minimum atomic E-state index is -0.764. The first-order valence-corrected chi connectivity index (χ1v) is 30.1. The predicted molar refractivity (Wildman–Crippen MR) is 289 cm³/mol. The van der Waals surface area contributed by atoms with E-state index in [2.05, 4.69) is 41.5 Å². The molecule has 2 atom stereocenters. The first kappa shape index (κ1) is 65.4. The second-order valence-electron chi connectivity index (χ2n) is 22.2. The standard InChI is InChI=1S/C61H118O6/c1-7-57(6)49-43-37-33-34-39-45-51-60(63)66-54-58(53-65-59(62)50-44-38-31-27-23-19-16-12-14-18-22-26-30-36-42-48-56(4)5)67-61(64)52-46-40-32-28-24-20-15-11-9-8-10-13-17-21-25-29-35-41-47-55(2)3/h55-58H,7-54H2,1-6H3/t57?,58-/m0/s1. The Kier molecular flexibility index (Phi) is 51.0. The third-order valence-electron chi connectivity index (χ3n) is 14.3. The van der Waals surface area contributed by atoms with E-state index in [0.717, 1.165) is 75.5 Å². The van der Waals surface area contributed by atoms with E-state index >= 15 is 0 Å². The van der Waals surface area contributed by atoms with Crippen molar-refractivity contribution in [3.63, 3.8) is 0 Å². The van der Waals surface area contributed by atoms with E-state index in [9.17, 15) is 14.4 Å². The number of esters is 3. The molecule has 0 fully saturated rings. The molecule has 0 aliphatic heterocycles. The molecule has 0 N–H and O–H groups in total. The zero-order valence-corrected chi connectivity index (χ0v) is 46.2. The Bertz CT molecular complexity index is 1040. The van der Waals surface area contributed by atoms with Gasteiger partial charge in [-0.2, -0.15) is 0 Å². The van der Waals surface area contributed by atoms with Gasteiger partial charge in [0.1, 0.15) is 13.2 Å². The van der Waals surface area contributed by atoms with Gasteiger partial charge in [-0.3, -0.25) is 14.4 Å². The lowest BCUT2D eigenvalue weighted by molar-refractivity contribution is -0.167. The van der Waals surface area contributed by atoms with Crippen molar-refractivity contribution in [3.8, 4) is 0 Å². The molecule has 0 radical (unpaired) electrons. The molecular formula is C61H118O6. The normalized spacial score (nSPS) is 12.5. The highest BCUT2D eigenvalue weighted by Gasteiger charge is 2.19. The van der Waals surface area contributed by atoms with Crippen LogP contribution in [-0.4, -0.2) is 37.2 Å². The maximum absolute atomic E-state index is 12.9. The fourth-order valence-corrected chi connectivity index (χ4v) is 9.32. The van der Waals surface area contributed by atoms with Crippen LogP contribution in [0.3, 0.4) is 0 Å². The molecule has 0 aromatic rings. The van der Waals surface area contributed by atoms with Gasteiger partial charge >= 0.3 is 17.9 Å². The van der Waals surface area contributed by atoms with E-state index in [1.54, 1.807) is 0 Å². The van der Waals surface area contributed by atoms with Crippen LogP contribution < -0.4 is 0 Å². The van der Waals surface area contributed by atoms with Gasteiger partial charge in [0, 0.05) is 19.3 Å². The van der Waals surface area contributed by atoms with Gasteiger partial charge in [-0.15, -0.1) is 0 Å². The molecule has 0 spiro atoms. The summed E-state index contributed by atoms with van der Waals surface area (Å²) in [5.74, 6) is 1.68. The van der Waals surface area contributed by atoms with Crippen molar-refractivity contribution in [1.29, 1.82) is 0 Å². The summed E-state index contributed by atoms with van der Waals surface area (Å²) in [7, 11) is 0. The van der Waals surface area contributed by atoms with Crippen LogP contribution in [0.5, 0.6) is 0 Å². The molecule has 67 heavy (non-hydrogen) atoms. The second-order valence-corrected chi connectivity index (χ2v) is 22.2. The molecule has 0 aromatic carbocycles. The molecule has 0 amide bonds. The van der Waals surface area contributed by atoms with Crippen LogP contribution in [0.1, 0.15) is 337 Å². The van der Waals surface area contributed by atoms with Crippen LogP contribution in [0.15, 0.2) is 0 Å². The van der Waals surface area contributed by atoms with E-state index < -0.39 is 6.10 Å². The van der Waals surface area contributed by atoms with Crippen molar-refractivity contribution >= 4 is 17.9 Å². The van der Waals surface area contributed by atoms with Crippen molar-refractivity contribution in [2.45, 2.75) is 343 Å². The van der Waals surface area contributed by atoms with Crippen molar-refractivity contribution in [2.24, 2.45) is 17.8 Å². The summed E-state index contributed by atoms with van der Waals surface area (Å²) in [6, 6.07) is 0. The number of hydrogen-bond acceptors (Lipinski definition) is 6. The molecule has 0 aromatic heterocycles. The lowest BCUT2D eigenvalue weighted by Crippen LogP contribution is -2.30. The van der Waals surface area contributed by atoms with E-state index in [4.69, 9.17) is 14.2 Å². The molecule has 0 bridgehead atoms.